The Bertz CT molecular complexity index is 402. The Morgan fingerprint density at radius 3 is 2.57 bits per heavy atom. The highest BCUT2D eigenvalue weighted by molar-refractivity contribution is 6.74. The summed E-state index contributed by atoms with van der Waals surface area (Å²) in [4.78, 5) is 2.56. The van der Waals surface area contributed by atoms with E-state index in [2.05, 4.69) is 43.9 Å². The Morgan fingerprint density at radius 2 is 2.05 bits per heavy atom. The first-order chi connectivity index (χ1) is 9.60. The van der Waals surface area contributed by atoms with Gasteiger partial charge in [0.1, 0.15) is 33.0 Å². The lowest BCUT2D eigenvalue weighted by molar-refractivity contribution is -0.0399. The molecule has 4 atom stereocenters. The van der Waals surface area contributed by atoms with Gasteiger partial charge in [-0.15, -0.1) is 0 Å². The van der Waals surface area contributed by atoms with E-state index in [0.29, 0.717) is 0 Å². The van der Waals surface area contributed by atoms with Crippen molar-refractivity contribution >= 4 is 16.2 Å². The minimum atomic E-state index is -1.96. The molecule has 0 aromatic heterocycles. The maximum absolute atomic E-state index is 14.0. The first-order valence-corrected chi connectivity index (χ1v) is 9.82. The van der Waals surface area contributed by atoms with Crippen LogP contribution in [-0.2, 0) is 13.9 Å². The topological polar surface area (TPSA) is 76.5 Å². The molecule has 0 aliphatic carbocycles. The zero-order valence-corrected chi connectivity index (χ0v) is 14.2. The molecule has 9 heteroatoms. The van der Waals surface area contributed by atoms with Crippen LogP contribution in [0.5, 0.6) is 0 Å². The van der Waals surface area contributed by atoms with Gasteiger partial charge in [-0.1, -0.05) is 25.9 Å². The van der Waals surface area contributed by atoms with Gasteiger partial charge in [0.15, 0.2) is 8.32 Å². The molecule has 118 valence electrons. The largest absolute Gasteiger partial charge is 0.414 e. The predicted octanol–water partition coefficient (Wildman–Crippen LogP) is 2.89. The van der Waals surface area contributed by atoms with E-state index in [9.17, 15) is 4.39 Å². The van der Waals surface area contributed by atoms with E-state index >= 15 is 0 Å². The van der Waals surface area contributed by atoms with Crippen molar-refractivity contribution in [3.8, 4) is 0 Å². The predicted molar refractivity (Wildman–Crippen MR) is 81.3 cm³/mol. The van der Waals surface area contributed by atoms with E-state index in [1.54, 1.807) is 0 Å². The van der Waals surface area contributed by atoms with E-state index < -0.39 is 32.7 Å². The number of nitrogens with zero attached hydrogens (tertiary/aromatic N) is 3. The van der Waals surface area contributed by atoms with Crippen LogP contribution in [0.2, 0.25) is 18.1 Å². The van der Waals surface area contributed by atoms with Crippen molar-refractivity contribution in [2.45, 2.75) is 63.3 Å². The van der Waals surface area contributed by atoms with Crippen molar-refractivity contribution in [1.82, 2.24) is 0 Å². The third-order valence-electron chi connectivity index (χ3n) is 4.13. The van der Waals surface area contributed by atoms with Gasteiger partial charge in [0, 0.05) is 4.91 Å². The maximum atomic E-state index is 14.0. The van der Waals surface area contributed by atoms with Crippen molar-refractivity contribution in [2.24, 2.45) is 5.11 Å². The summed E-state index contributed by atoms with van der Waals surface area (Å²) in [6.07, 6.45) is -2.94. The molecule has 0 amide bonds. The number of alkyl halides is 1. The molecule has 0 N–H and O–H groups in total. The summed E-state index contributed by atoms with van der Waals surface area (Å²) in [6, 6.07) is -1.05. The van der Waals surface area contributed by atoms with E-state index in [1.807, 2.05) is 0 Å². The van der Waals surface area contributed by atoms with Gasteiger partial charge in [-0.2, -0.15) is 0 Å². The number of hydrogen-bond donors (Lipinski definition) is 0. The van der Waals surface area contributed by atoms with Crippen LogP contribution in [-0.4, -0.2) is 53.9 Å². The number of ether oxygens (including phenoxy) is 2. The maximum Gasteiger partial charge on any atom is 0.192 e. The molecular formula is C12H23BFN3O3Si. The van der Waals surface area contributed by atoms with Crippen molar-refractivity contribution in [1.29, 1.82) is 0 Å². The van der Waals surface area contributed by atoms with E-state index in [1.165, 1.54) is 0 Å². The number of hydrogen-bond acceptors (Lipinski definition) is 4. The normalized spacial score (nSPS) is 30.2. The quantitative estimate of drug-likeness (QED) is 0.327. The Hall–Kier alpha value is -0.598. The van der Waals surface area contributed by atoms with Crippen LogP contribution in [0.4, 0.5) is 4.39 Å². The van der Waals surface area contributed by atoms with Crippen LogP contribution in [0.1, 0.15) is 20.8 Å². The average molecular weight is 315 g/mol. The molecule has 2 unspecified atom stereocenters. The molecule has 6 nitrogen and oxygen atoms in total. The van der Waals surface area contributed by atoms with Crippen molar-refractivity contribution < 1.29 is 18.3 Å². The van der Waals surface area contributed by atoms with Gasteiger partial charge in [0.2, 0.25) is 0 Å². The Kier molecular flexibility index (Phi) is 6.25. The Balaban J connectivity index is 2.65. The molecule has 0 saturated carbocycles. The molecule has 0 spiro atoms. The summed E-state index contributed by atoms with van der Waals surface area (Å²) in [5, 5.41) is 3.29. The van der Waals surface area contributed by atoms with E-state index in [0.717, 1.165) is 0 Å². The van der Waals surface area contributed by atoms with Crippen molar-refractivity contribution in [3.63, 3.8) is 0 Å². The zero-order valence-electron chi connectivity index (χ0n) is 13.2. The Morgan fingerprint density at radius 1 is 1.43 bits per heavy atom. The van der Waals surface area contributed by atoms with Gasteiger partial charge in [0.05, 0.1) is 12.6 Å². The highest BCUT2D eigenvalue weighted by atomic mass is 28.4. The summed E-state index contributed by atoms with van der Waals surface area (Å²) < 4.78 is 30.6. The van der Waals surface area contributed by atoms with Crippen LogP contribution in [0, 0.1) is 0 Å². The summed E-state index contributed by atoms with van der Waals surface area (Å²) >= 11 is 0. The molecule has 1 fully saturated rings. The third kappa shape index (κ3) is 4.69. The van der Waals surface area contributed by atoms with Crippen LogP contribution < -0.4 is 0 Å². The molecule has 0 aromatic rings. The van der Waals surface area contributed by atoms with Crippen LogP contribution in [0.25, 0.3) is 10.4 Å². The Labute approximate surface area is 127 Å². The van der Waals surface area contributed by atoms with Gasteiger partial charge >= 0.3 is 0 Å². The summed E-state index contributed by atoms with van der Waals surface area (Å²) in [6.45, 7) is 10.5. The van der Waals surface area contributed by atoms with Crippen LogP contribution >= 0.6 is 0 Å². The summed E-state index contributed by atoms with van der Waals surface area (Å²) in [5.74, 6) is 0. The summed E-state index contributed by atoms with van der Waals surface area (Å²) in [5.41, 5.74) is 8.23. The second kappa shape index (κ2) is 7.11. The minimum absolute atomic E-state index is 0.0459. The smallest absolute Gasteiger partial charge is 0.192 e. The molecule has 1 saturated heterocycles. The van der Waals surface area contributed by atoms with Crippen molar-refractivity contribution in [2.75, 3.05) is 13.3 Å². The highest BCUT2D eigenvalue weighted by Gasteiger charge is 2.45. The number of azide groups is 1. The molecule has 0 aromatic carbocycles. The number of rotatable bonds is 6. The fourth-order valence-electron chi connectivity index (χ4n) is 1.73. The van der Waals surface area contributed by atoms with Crippen LogP contribution in [0.3, 0.4) is 0 Å². The first kappa shape index (κ1) is 18.5. The van der Waals surface area contributed by atoms with Crippen LogP contribution in [0.15, 0.2) is 5.11 Å². The molecule has 1 aliphatic rings. The van der Waals surface area contributed by atoms with Gasteiger partial charge in [-0.05, 0) is 23.7 Å². The molecule has 21 heavy (non-hydrogen) atoms. The lowest BCUT2D eigenvalue weighted by atomic mass is 9.94. The minimum Gasteiger partial charge on any atom is -0.414 e. The van der Waals surface area contributed by atoms with E-state index in [4.69, 9.17) is 27.3 Å². The molecule has 1 aliphatic heterocycles. The second-order valence-electron chi connectivity index (χ2n) is 6.65. The number of halogens is 1. The molecule has 1 rings (SSSR count). The lowest BCUT2D eigenvalue weighted by Gasteiger charge is -2.37. The fourth-order valence-corrected chi connectivity index (χ4v) is 2.75. The van der Waals surface area contributed by atoms with Crippen molar-refractivity contribution in [3.05, 3.63) is 10.4 Å². The highest BCUT2D eigenvalue weighted by Crippen LogP contribution is 2.37. The van der Waals surface area contributed by atoms with Gasteiger partial charge < -0.3 is 13.9 Å². The van der Waals surface area contributed by atoms with Gasteiger partial charge in [0.25, 0.3) is 0 Å². The standard InChI is InChI=1S/C12H23BFN3O3Si/c1-12(2,3)21(4,5)19-6-8-10(18-7-16-17-15)9(14)11(13)20-8/h8-11H,6-7H2,1-5H3/t8?,9-,10?,11+/m0/s1. The molecule has 0 bridgehead atoms. The lowest BCUT2D eigenvalue weighted by Crippen LogP contribution is -2.44. The second-order valence-corrected chi connectivity index (χ2v) is 11.5. The molecule has 1 heterocycles. The third-order valence-corrected chi connectivity index (χ3v) is 8.63. The molecular weight excluding hydrogens is 292 g/mol. The summed E-state index contributed by atoms with van der Waals surface area (Å²) in [7, 11) is 3.60. The SMILES string of the molecule is [B][C@@H]1OC(CO[Si](C)(C)C(C)(C)C)C(OCN=[N+]=[N-])[C@@H]1F. The molecule has 2 radical (unpaired) electrons. The monoisotopic (exact) mass is 315 g/mol. The van der Waals surface area contributed by atoms with Gasteiger partial charge in [-0.25, -0.2) is 4.39 Å². The first-order valence-electron chi connectivity index (χ1n) is 6.91. The van der Waals surface area contributed by atoms with Gasteiger partial charge in [-0.3, -0.25) is 0 Å². The van der Waals surface area contributed by atoms with E-state index in [-0.39, 0.29) is 18.4 Å². The zero-order chi connectivity index (χ0) is 16.3. The average Bonchev–Trinajstić information content (AvgIpc) is 2.63. The fraction of sp³-hybridized carbons (Fsp3) is 1.00.